The molecule has 2 aliphatic rings. The van der Waals surface area contributed by atoms with Crippen molar-refractivity contribution in [1.82, 2.24) is 15.1 Å². The van der Waals surface area contributed by atoms with Gasteiger partial charge in [-0.2, -0.15) is 0 Å². The maximum atomic E-state index is 14.2. The second-order valence-corrected chi connectivity index (χ2v) is 11.9. The summed E-state index contributed by atoms with van der Waals surface area (Å²) in [7, 11) is 0. The smallest absolute Gasteiger partial charge is 0.429 e. The Morgan fingerprint density at radius 3 is 1.90 bits per heavy atom. The van der Waals surface area contributed by atoms with Crippen molar-refractivity contribution in [3.05, 3.63) is 131 Å². The highest BCUT2D eigenvalue weighted by Gasteiger charge is 2.45. The molecule has 6 rings (SSSR count). The van der Waals surface area contributed by atoms with Crippen LogP contribution in [0.5, 0.6) is 0 Å². The number of hydrogen-bond donors (Lipinski definition) is 1. The molecule has 0 aromatic heterocycles. The molecule has 4 aromatic carbocycles. The first-order valence-corrected chi connectivity index (χ1v) is 16.2. The number of carboxylic acid groups (broad SMARTS) is 1. The van der Waals surface area contributed by atoms with Gasteiger partial charge in [0.25, 0.3) is 5.91 Å². The molecule has 2 atom stereocenters. The van der Waals surface area contributed by atoms with E-state index < -0.39 is 36.1 Å². The Hall–Kier alpha value is -5.68. The van der Waals surface area contributed by atoms with Gasteiger partial charge in [0.2, 0.25) is 0 Å². The van der Waals surface area contributed by atoms with E-state index in [0.717, 1.165) is 42.9 Å². The van der Waals surface area contributed by atoms with E-state index in [0.29, 0.717) is 12.0 Å². The number of hydroxylamine groups is 2. The zero-order valence-corrected chi connectivity index (χ0v) is 27.0. The van der Waals surface area contributed by atoms with Crippen LogP contribution in [-0.2, 0) is 37.1 Å². The summed E-state index contributed by atoms with van der Waals surface area (Å²) in [6.07, 6.45) is -1.33. The summed E-state index contributed by atoms with van der Waals surface area (Å²) >= 11 is 0. The van der Waals surface area contributed by atoms with Crippen LogP contribution in [0.1, 0.15) is 47.9 Å². The van der Waals surface area contributed by atoms with Crippen molar-refractivity contribution in [2.45, 2.75) is 51.0 Å². The minimum Gasteiger partial charge on any atom is -0.480 e. The van der Waals surface area contributed by atoms with Gasteiger partial charge in [-0.1, -0.05) is 109 Å². The molecule has 11 nitrogen and oxygen atoms in total. The first-order valence-electron chi connectivity index (χ1n) is 16.2. The van der Waals surface area contributed by atoms with Crippen LogP contribution in [0.4, 0.5) is 9.59 Å². The topological polar surface area (TPSA) is 126 Å². The largest absolute Gasteiger partial charge is 0.480 e. The third kappa shape index (κ3) is 7.26. The average Bonchev–Trinajstić information content (AvgIpc) is 3.46. The number of hydrazine groups is 1. The monoisotopic (exact) mass is 663 g/mol. The first-order chi connectivity index (χ1) is 23.8. The quantitative estimate of drug-likeness (QED) is 0.194. The van der Waals surface area contributed by atoms with Gasteiger partial charge >= 0.3 is 18.2 Å². The van der Waals surface area contributed by atoms with Gasteiger partial charge < -0.3 is 14.6 Å². The van der Waals surface area contributed by atoms with E-state index in [1.807, 2.05) is 72.8 Å². The fraction of sp³-hybridized carbons (Fsp3) is 0.263. The number of aliphatic carboxylic acids is 1. The number of nitrogens with zero attached hydrogens (tertiary/aromatic N) is 3. The zero-order chi connectivity index (χ0) is 34.3. The van der Waals surface area contributed by atoms with Gasteiger partial charge in [0.05, 0.1) is 0 Å². The van der Waals surface area contributed by atoms with Crippen LogP contribution in [0, 0.1) is 0 Å². The SMILES string of the molecule is C[C@@H](C(=O)O)N(OCc1ccccc1)C(=O)[C@H]1CCCN(C(=O)OCc2ccccc2)N1C(=O)OCC1c2ccccc2-c2ccccc21. The fourth-order valence-corrected chi connectivity index (χ4v) is 6.25. The highest BCUT2D eigenvalue weighted by atomic mass is 16.7. The molecule has 252 valence electrons. The molecule has 4 aromatic rings. The van der Waals surface area contributed by atoms with Crippen molar-refractivity contribution in [2.24, 2.45) is 0 Å². The molecule has 11 heteroatoms. The minimum atomic E-state index is -1.40. The van der Waals surface area contributed by atoms with Crippen molar-refractivity contribution in [1.29, 1.82) is 0 Å². The molecule has 0 spiro atoms. The van der Waals surface area contributed by atoms with E-state index in [2.05, 4.69) is 0 Å². The molecule has 0 saturated carbocycles. The van der Waals surface area contributed by atoms with Crippen LogP contribution >= 0.6 is 0 Å². The van der Waals surface area contributed by atoms with E-state index in [4.69, 9.17) is 14.3 Å². The van der Waals surface area contributed by atoms with Gasteiger partial charge in [-0.05, 0) is 53.1 Å². The van der Waals surface area contributed by atoms with Crippen LogP contribution in [0.3, 0.4) is 0 Å². The molecule has 1 fully saturated rings. The average molecular weight is 664 g/mol. The van der Waals surface area contributed by atoms with Crippen molar-refractivity contribution < 1.29 is 38.6 Å². The molecule has 1 aliphatic carbocycles. The standard InChI is InChI=1S/C38H37N3O8/c1-26(36(43)44)41(49-24-28-15-6-3-7-16-28)35(42)34-21-12-22-39(37(45)47-23-27-13-4-2-5-14-27)40(34)38(46)48-25-33-31-19-10-8-17-29(31)30-18-9-11-20-32(30)33/h2-11,13-20,26,33-34H,12,21-25H2,1H3,(H,43,44)/t26-,34+/m0/s1. The third-order valence-corrected chi connectivity index (χ3v) is 8.77. The molecular weight excluding hydrogens is 626 g/mol. The van der Waals surface area contributed by atoms with E-state index in [9.17, 15) is 24.3 Å². The van der Waals surface area contributed by atoms with Crippen molar-refractivity contribution >= 4 is 24.1 Å². The number of amides is 3. The predicted molar refractivity (Wildman–Crippen MR) is 178 cm³/mol. The number of rotatable bonds is 10. The van der Waals surface area contributed by atoms with E-state index in [1.54, 1.807) is 36.4 Å². The summed E-state index contributed by atoms with van der Waals surface area (Å²) in [5.74, 6) is -2.38. The highest BCUT2D eigenvalue weighted by Crippen LogP contribution is 2.44. The van der Waals surface area contributed by atoms with Crippen LogP contribution in [-0.4, -0.2) is 69.5 Å². The van der Waals surface area contributed by atoms with Gasteiger partial charge in [0.15, 0.2) is 6.04 Å². The van der Waals surface area contributed by atoms with Crippen LogP contribution in [0.15, 0.2) is 109 Å². The Bertz CT molecular complexity index is 1760. The Kier molecular flexibility index (Phi) is 10.2. The lowest BCUT2D eigenvalue weighted by molar-refractivity contribution is -0.217. The molecule has 1 N–H and O–H groups in total. The fourth-order valence-electron chi connectivity index (χ4n) is 6.25. The number of benzene rings is 4. The molecule has 0 unspecified atom stereocenters. The van der Waals surface area contributed by atoms with Crippen molar-refractivity contribution in [3.8, 4) is 11.1 Å². The predicted octanol–water partition coefficient (Wildman–Crippen LogP) is 6.39. The summed E-state index contributed by atoms with van der Waals surface area (Å²) in [4.78, 5) is 59.8. The van der Waals surface area contributed by atoms with Gasteiger partial charge in [-0.25, -0.2) is 29.5 Å². The first kappa shape index (κ1) is 33.2. The number of hydrogen-bond acceptors (Lipinski definition) is 7. The molecule has 1 saturated heterocycles. The van der Waals surface area contributed by atoms with E-state index in [-0.39, 0.29) is 38.7 Å². The van der Waals surface area contributed by atoms with Gasteiger partial charge in [0.1, 0.15) is 25.9 Å². The van der Waals surface area contributed by atoms with Crippen LogP contribution in [0.25, 0.3) is 11.1 Å². The van der Waals surface area contributed by atoms with Crippen LogP contribution in [0.2, 0.25) is 0 Å². The lowest BCUT2D eigenvalue weighted by atomic mass is 9.98. The summed E-state index contributed by atoms with van der Waals surface area (Å²) < 4.78 is 11.5. The molecule has 1 aliphatic heterocycles. The number of fused-ring (bicyclic) bond motifs is 3. The van der Waals surface area contributed by atoms with Crippen molar-refractivity contribution in [3.63, 3.8) is 0 Å². The lowest BCUT2D eigenvalue weighted by Crippen LogP contribution is -2.63. The number of carboxylic acids is 1. The normalized spacial score (nSPS) is 15.9. The Balaban J connectivity index is 1.27. The number of carbonyl (C=O) groups excluding carboxylic acids is 3. The highest BCUT2D eigenvalue weighted by molar-refractivity contribution is 5.89. The van der Waals surface area contributed by atoms with Gasteiger partial charge in [0, 0.05) is 12.5 Å². The minimum absolute atomic E-state index is 0.0586. The van der Waals surface area contributed by atoms with Crippen molar-refractivity contribution in [2.75, 3.05) is 13.2 Å². The lowest BCUT2D eigenvalue weighted by Gasteiger charge is -2.43. The summed E-state index contributed by atoms with van der Waals surface area (Å²) in [5, 5.41) is 12.7. The molecular formula is C38H37N3O8. The zero-order valence-electron chi connectivity index (χ0n) is 27.0. The molecule has 0 radical (unpaired) electrons. The third-order valence-electron chi connectivity index (χ3n) is 8.77. The molecule has 0 bridgehead atoms. The van der Waals surface area contributed by atoms with E-state index >= 15 is 0 Å². The van der Waals surface area contributed by atoms with Crippen LogP contribution < -0.4 is 0 Å². The molecule has 49 heavy (non-hydrogen) atoms. The molecule has 3 amide bonds. The summed E-state index contributed by atoms with van der Waals surface area (Å²) in [6, 6.07) is 31.1. The number of ether oxygens (including phenoxy) is 2. The maximum Gasteiger partial charge on any atom is 0.429 e. The second kappa shape index (κ2) is 15.0. The maximum absolute atomic E-state index is 14.2. The molecule has 1 heterocycles. The van der Waals surface area contributed by atoms with Gasteiger partial charge in [-0.3, -0.25) is 9.63 Å². The second-order valence-electron chi connectivity index (χ2n) is 11.9. The summed E-state index contributed by atoms with van der Waals surface area (Å²) in [5.41, 5.74) is 5.54. The summed E-state index contributed by atoms with van der Waals surface area (Å²) in [6.45, 7) is 1.18. The Labute approximate surface area is 284 Å². The number of carbonyl (C=O) groups is 4. The van der Waals surface area contributed by atoms with E-state index in [1.165, 1.54) is 6.92 Å². The van der Waals surface area contributed by atoms with Gasteiger partial charge in [-0.15, -0.1) is 0 Å². The Morgan fingerprint density at radius 1 is 0.755 bits per heavy atom. The Morgan fingerprint density at radius 2 is 1.31 bits per heavy atom.